The molecule has 9 nitrogen and oxygen atoms in total. The molecule has 2 heterocycles. The molecule has 0 unspecified atom stereocenters. The van der Waals surface area contributed by atoms with Crippen molar-refractivity contribution >= 4 is 22.8 Å². The molecule has 0 bridgehead atoms. The van der Waals surface area contributed by atoms with Gasteiger partial charge in [-0.05, 0) is 59.9 Å². The molecule has 0 radical (unpaired) electrons. The van der Waals surface area contributed by atoms with E-state index in [0.29, 0.717) is 25.2 Å². The number of carbonyl (C=O) groups is 2. The Morgan fingerprint density at radius 3 is 2.51 bits per heavy atom. The van der Waals surface area contributed by atoms with Crippen LogP contribution in [0, 0.1) is 11.3 Å². The lowest BCUT2D eigenvalue weighted by Gasteiger charge is -2.32. The van der Waals surface area contributed by atoms with Crippen molar-refractivity contribution in [3.63, 3.8) is 0 Å². The number of carbonyl (C=O) groups excluding carboxylic acids is 1. The monoisotopic (exact) mass is 496 g/mol. The van der Waals surface area contributed by atoms with E-state index in [-0.39, 0.29) is 18.4 Å². The Hall–Kier alpha value is -4.14. The quantitative estimate of drug-likeness (QED) is 0.369. The highest BCUT2D eigenvalue weighted by Crippen LogP contribution is 2.41. The first-order valence-electron chi connectivity index (χ1n) is 12.8. The molecule has 9 heteroatoms. The molecule has 2 aromatic carbocycles. The number of aromatic nitrogens is 5. The second kappa shape index (κ2) is 9.38. The van der Waals surface area contributed by atoms with Crippen LogP contribution in [-0.4, -0.2) is 54.0 Å². The minimum absolute atomic E-state index is 0.0385. The number of pyridine rings is 1. The molecule has 37 heavy (non-hydrogen) atoms. The highest BCUT2D eigenvalue weighted by atomic mass is 16.4. The maximum atomic E-state index is 13.2. The predicted octanol–water partition coefficient (Wildman–Crippen LogP) is 4.47. The molecule has 2 saturated carbocycles. The molecular weight excluding hydrogens is 468 g/mol. The van der Waals surface area contributed by atoms with E-state index in [1.807, 2.05) is 54.6 Å². The minimum Gasteiger partial charge on any atom is -0.481 e. The van der Waals surface area contributed by atoms with Crippen molar-refractivity contribution in [3.8, 4) is 22.6 Å². The number of benzene rings is 2. The van der Waals surface area contributed by atoms with E-state index >= 15 is 0 Å². The van der Waals surface area contributed by atoms with Gasteiger partial charge in [-0.15, -0.1) is 5.10 Å². The number of nitrogens with one attached hydrogen (secondary N) is 1. The summed E-state index contributed by atoms with van der Waals surface area (Å²) in [4.78, 5) is 32.0. The van der Waals surface area contributed by atoms with Crippen molar-refractivity contribution in [2.24, 2.45) is 11.3 Å². The molecule has 188 valence electrons. The molecule has 1 amide bonds. The fraction of sp³-hybridized carbons (Fsp3) is 0.357. The fourth-order valence-electron chi connectivity index (χ4n) is 5.49. The number of H-pyrrole nitrogens is 1. The van der Waals surface area contributed by atoms with Crippen LogP contribution in [0.5, 0.6) is 0 Å². The van der Waals surface area contributed by atoms with Gasteiger partial charge in [0.2, 0.25) is 5.91 Å². The fourth-order valence-corrected chi connectivity index (χ4v) is 5.49. The van der Waals surface area contributed by atoms with Crippen molar-refractivity contribution in [3.05, 3.63) is 60.2 Å². The summed E-state index contributed by atoms with van der Waals surface area (Å²) in [5.41, 5.74) is 3.58. The van der Waals surface area contributed by atoms with Crippen LogP contribution in [0.25, 0.3) is 33.5 Å². The van der Waals surface area contributed by atoms with Gasteiger partial charge in [-0.3, -0.25) is 9.59 Å². The maximum absolute atomic E-state index is 13.2. The van der Waals surface area contributed by atoms with Gasteiger partial charge in [-0.1, -0.05) is 49.2 Å². The largest absolute Gasteiger partial charge is 0.481 e. The zero-order chi connectivity index (χ0) is 25.4. The van der Waals surface area contributed by atoms with Gasteiger partial charge in [-0.2, -0.15) is 0 Å². The molecule has 0 spiro atoms. The summed E-state index contributed by atoms with van der Waals surface area (Å²) in [6.07, 6.45) is 4.85. The number of aliphatic carboxylic acids is 1. The van der Waals surface area contributed by atoms with Gasteiger partial charge in [0.25, 0.3) is 0 Å². The normalized spacial score (nSPS) is 16.6. The van der Waals surface area contributed by atoms with Gasteiger partial charge in [0.15, 0.2) is 5.82 Å². The molecule has 0 atom stereocenters. The van der Waals surface area contributed by atoms with E-state index in [1.54, 1.807) is 4.90 Å². The van der Waals surface area contributed by atoms with Crippen molar-refractivity contribution in [2.75, 3.05) is 6.54 Å². The lowest BCUT2D eigenvalue weighted by molar-refractivity contribution is -0.152. The standard InChI is InChI=1S/C28H28N6O3/c35-26(19-8-9-19)34(17-28(27(36)37)13-3-4-14-28)16-18-7-11-23-20(15-18)10-12-24(29-23)21-5-1-2-6-22(21)25-30-32-33-31-25/h1-2,5-7,10-12,15,19H,3-4,8-9,13-14,16-17H2,(H,36,37)(H,30,31,32,33). The van der Waals surface area contributed by atoms with E-state index < -0.39 is 11.4 Å². The van der Waals surface area contributed by atoms with Crippen LogP contribution in [0.2, 0.25) is 0 Å². The second-order valence-corrected chi connectivity index (χ2v) is 10.3. The number of aromatic amines is 1. The van der Waals surface area contributed by atoms with E-state index in [0.717, 1.165) is 59.0 Å². The number of rotatable bonds is 8. The summed E-state index contributed by atoms with van der Waals surface area (Å²) < 4.78 is 0. The lowest BCUT2D eigenvalue weighted by atomic mass is 9.85. The third-order valence-corrected chi connectivity index (χ3v) is 7.68. The first kappa shape index (κ1) is 23.3. The Bertz CT molecular complexity index is 1460. The summed E-state index contributed by atoms with van der Waals surface area (Å²) in [5, 5.41) is 25.2. The van der Waals surface area contributed by atoms with E-state index in [9.17, 15) is 14.7 Å². The second-order valence-electron chi connectivity index (χ2n) is 10.3. The van der Waals surface area contributed by atoms with Crippen molar-refractivity contribution in [1.29, 1.82) is 0 Å². The summed E-state index contributed by atoms with van der Waals surface area (Å²) in [6.45, 7) is 0.684. The highest BCUT2D eigenvalue weighted by molar-refractivity contribution is 5.86. The average molecular weight is 497 g/mol. The van der Waals surface area contributed by atoms with Gasteiger partial charge < -0.3 is 10.0 Å². The Labute approximate surface area is 213 Å². The number of nitrogens with zero attached hydrogens (tertiary/aromatic N) is 5. The van der Waals surface area contributed by atoms with Crippen LogP contribution in [0.1, 0.15) is 44.1 Å². The van der Waals surface area contributed by atoms with Gasteiger partial charge in [0, 0.05) is 35.5 Å². The number of hydrogen-bond donors (Lipinski definition) is 2. The average Bonchev–Trinajstić information content (AvgIpc) is 3.40. The summed E-state index contributed by atoms with van der Waals surface area (Å²) in [5.74, 6) is -0.0824. The summed E-state index contributed by atoms with van der Waals surface area (Å²) in [6, 6.07) is 17.8. The zero-order valence-corrected chi connectivity index (χ0v) is 20.4. The molecule has 6 rings (SSSR count). The van der Waals surface area contributed by atoms with Crippen LogP contribution in [-0.2, 0) is 16.1 Å². The first-order valence-corrected chi connectivity index (χ1v) is 12.8. The topological polar surface area (TPSA) is 125 Å². The Morgan fingerprint density at radius 2 is 1.81 bits per heavy atom. The van der Waals surface area contributed by atoms with Crippen LogP contribution in [0.4, 0.5) is 0 Å². The zero-order valence-electron chi connectivity index (χ0n) is 20.4. The highest BCUT2D eigenvalue weighted by Gasteiger charge is 2.45. The van der Waals surface area contributed by atoms with Crippen LogP contribution in [0.3, 0.4) is 0 Å². The van der Waals surface area contributed by atoms with Crippen LogP contribution in [0.15, 0.2) is 54.6 Å². The lowest BCUT2D eigenvalue weighted by Crippen LogP contribution is -2.44. The Morgan fingerprint density at radius 1 is 1.03 bits per heavy atom. The van der Waals surface area contributed by atoms with Gasteiger partial charge in [-0.25, -0.2) is 10.1 Å². The molecule has 2 aliphatic carbocycles. The smallest absolute Gasteiger partial charge is 0.311 e. The molecule has 2 aliphatic rings. The minimum atomic E-state index is -0.829. The first-order chi connectivity index (χ1) is 18.0. The molecular formula is C28H28N6O3. The predicted molar refractivity (Wildman–Crippen MR) is 137 cm³/mol. The number of carboxylic acid groups (broad SMARTS) is 1. The molecule has 0 saturated heterocycles. The van der Waals surface area contributed by atoms with Crippen LogP contribution >= 0.6 is 0 Å². The summed E-state index contributed by atoms with van der Waals surface area (Å²) in [7, 11) is 0. The van der Waals surface area contributed by atoms with Gasteiger partial charge >= 0.3 is 5.97 Å². The number of amides is 1. The third-order valence-electron chi connectivity index (χ3n) is 7.68. The van der Waals surface area contributed by atoms with Crippen molar-refractivity contribution < 1.29 is 14.7 Å². The maximum Gasteiger partial charge on any atom is 0.311 e. The van der Waals surface area contributed by atoms with Crippen molar-refractivity contribution in [2.45, 2.75) is 45.1 Å². The molecule has 4 aromatic rings. The number of tetrazole rings is 1. The van der Waals surface area contributed by atoms with E-state index in [1.165, 1.54) is 0 Å². The number of hydrogen-bond acceptors (Lipinski definition) is 6. The van der Waals surface area contributed by atoms with Gasteiger partial charge in [0.05, 0.1) is 16.6 Å². The Balaban J connectivity index is 1.28. The third kappa shape index (κ3) is 4.57. The molecule has 0 aliphatic heterocycles. The van der Waals surface area contributed by atoms with Crippen LogP contribution < -0.4 is 0 Å². The van der Waals surface area contributed by atoms with E-state index in [4.69, 9.17) is 4.98 Å². The SMILES string of the molecule is O=C(C1CC1)N(Cc1ccc2nc(-c3ccccc3-c3nnn[nH]3)ccc2c1)CC1(C(=O)O)CCCC1. The molecule has 2 aromatic heterocycles. The number of fused-ring (bicyclic) bond motifs is 1. The number of carboxylic acids is 1. The summed E-state index contributed by atoms with van der Waals surface area (Å²) >= 11 is 0. The van der Waals surface area contributed by atoms with Crippen molar-refractivity contribution in [1.82, 2.24) is 30.5 Å². The molecule has 2 fully saturated rings. The molecule has 2 N–H and O–H groups in total. The Kier molecular flexibility index (Phi) is 5.90. The van der Waals surface area contributed by atoms with Gasteiger partial charge in [0.1, 0.15) is 0 Å². The van der Waals surface area contributed by atoms with E-state index in [2.05, 4.69) is 20.6 Å².